The van der Waals surface area contributed by atoms with E-state index in [2.05, 4.69) is 10.2 Å². The number of nitrogens with zero attached hydrogens (tertiary/aromatic N) is 5. The first-order chi connectivity index (χ1) is 12.3. The van der Waals surface area contributed by atoms with Gasteiger partial charge in [-0.15, -0.1) is 10.2 Å². The van der Waals surface area contributed by atoms with Crippen molar-refractivity contribution in [2.75, 3.05) is 31.1 Å². The lowest BCUT2D eigenvalue weighted by Crippen LogP contribution is -2.49. The van der Waals surface area contributed by atoms with Gasteiger partial charge < -0.3 is 10.0 Å². The average Bonchev–Trinajstić information content (AvgIpc) is 3.03. The van der Waals surface area contributed by atoms with Crippen molar-refractivity contribution in [2.24, 2.45) is 7.05 Å². The molecule has 26 heavy (non-hydrogen) atoms. The highest BCUT2D eigenvalue weighted by atomic mass is 32.2. The molecule has 0 radical (unpaired) electrons. The third kappa shape index (κ3) is 3.44. The highest BCUT2D eigenvalue weighted by Crippen LogP contribution is 2.22. The molecule has 0 spiro atoms. The van der Waals surface area contributed by atoms with Gasteiger partial charge >= 0.3 is 0 Å². The van der Waals surface area contributed by atoms with E-state index in [1.54, 1.807) is 11.6 Å². The standard InChI is InChI=1S/C16H22FN5O3S/c1-3-14(23)15-18-19-16(20(15)2)21-8-10-22(11-9-21)26(24,25)13-6-4-12(17)5-7-13/h4-7,14,23H,3,8-11H2,1-2H3/t14-/m0/s1. The lowest BCUT2D eigenvalue weighted by atomic mass is 10.2. The molecule has 2 aromatic rings. The number of sulfonamides is 1. The second kappa shape index (κ2) is 7.29. The first kappa shape index (κ1) is 18.7. The number of aliphatic hydroxyl groups excluding tert-OH is 1. The molecule has 1 N–H and O–H groups in total. The van der Waals surface area contributed by atoms with Gasteiger partial charge in [-0.3, -0.25) is 4.57 Å². The SMILES string of the molecule is CC[C@H](O)c1nnc(N2CCN(S(=O)(=O)c3ccc(F)cc3)CC2)n1C. The monoisotopic (exact) mass is 383 g/mol. The van der Waals surface area contributed by atoms with Crippen molar-refractivity contribution in [3.63, 3.8) is 0 Å². The van der Waals surface area contributed by atoms with Crippen molar-refractivity contribution in [1.29, 1.82) is 0 Å². The van der Waals surface area contributed by atoms with Gasteiger partial charge in [-0.2, -0.15) is 4.31 Å². The minimum absolute atomic E-state index is 0.0827. The van der Waals surface area contributed by atoms with Gasteiger partial charge in [-0.1, -0.05) is 6.92 Å². The summed E-state index contributed by atoms with van der Waals surface area (Å²) in [5.74, 6) is 0.622. The molecule has 1 aromatic carbocycles. The van der Waals surface area contributed by atoms with E-state index >= 15 is 0 Å². The van der Waals surface area contributed by atoms with Gasteiger partial charge in [0.15, 0.2) is 5.82 Å². The van der Waals surface area contributed by atoms with Gasteiger partial charge in [0.1, 0.15) is 11.9 Å². The Morgan fingerprint density at radius 3 is 2.35 bits per heavy atom. The molecule has 1 aromatic heterocycles. The minimum atomic E-state index is -3.65. The van der Waals surface area contributed by atoms with Crippen LogP contribution in [0.1, 0.15) is 25.3 Å². The third-order valence-corrected chi connectivity index (χ3v) is 6.46. The zero-order chi connectivity index (χ0) is 18.9. The molecule has 0 saturated carbocycles. The molecule has 1 aliphatic heterocycles. The summed E-state index contributed by atoms with van der Waals surface area (Å²) in [4.78, 5) is 2.02. The minimum Gasteiger partial charge on any atom is -0.385 e. The van der Waals surface area contributed by atoms with Gasteiger partial charge in [-0.25, -0.2) is 12.8 Å². The highest BCUT2D eigenvalue weighted by Gasteiger charge is 2.30. The highest BCUT2D eigenvalue weighted by molar-refractivity contribution is 7.89. The topological polar surface area (TPSA) is 91.6 Å². The molecule has 0 aliphatic carbocycles. The molecule has 0 amide bonds. The average molecular weight is 383 g/mol. The van der Waals surface area contributed by atoms with Gasteiger partial charge in [0.25, 0.3) is 0 Å². The van der Waals surface area contributed by atoms with E-state index in [1.165, 1.54) is 16.4 Å². The lowest BCUT2D eigenvalue weighted by molar-refractivity contribution is 0.160. The second-order valence-corrected chi connectivity index (χ2v) is 8.12. The van der Waals surface area contributed by atoms with Crippen molar-refractivity contribution in [1.82, 2.24) is 19.1 Å². The molecule has 3 rings (SSSR count). The molecule has 8 nitrogen and oxygen atoms in total. The number of anilines is 1. The lowest BCUT2D eigenvalue weighted by Gasteiger charge is -2.34. The summed E-state index contributed by atoms with van der Waals surface area (Å²) in [6.45, 7) is 3.35. The molecule has 142 valence electrons. The Morgan fingerprint density at radius 1 is 1.15 bits per heavy atom. The van der Waals surface area contributed by atoms with Crippen LogP contribution in [0.5, 0.6) is 0 Å². The van der Waals surface area contributed by atoms with Crippen molar-refractivity contribution < 1.29 is 17.9 Å². The molecule has 0 unspecified atom stereocenters. The van der Waals surface area contributed by atoms with Crippen LogP contribution in [0.3, 0.4) is 0 Å². The molecule has 0 bridgehead atoms. The van der Waals surface area contributed by atoms with Crippen LogP contribution in [0.15, 0.2) is 29.2 Å². The maximum atomic E-state index is 13.0. The number of rotatable bonds is 5. The van der Waals surface area contributed by atoms with Gasteiger partial charge in [0, 0.05) is 33.2 Å². The predicted molar refractivity (Wildman–Crippen MR) is 93.6 cm³/mol. The maximum absolute atomic E-state index is 13.0. The van der Waals surface area contributed by atoms with E-state index in [0.29, 0.717) is 31.3 Å². The fraction of sp³-hybridized carbons (Fsp3) is 0.500. The van der Waals surface area contributed by atoms with E-state index in [-0.39, 0.29) is 18.0 Å². The molecule has 10 heteroatoms. The van der Waals surface area contributed by atoms with Crippen molar-refractivity contribution in [3.05, 3.63) is 35.9 Å². The summed E-state index contributed by atoms with van der Waals surface area (Å²) in [7, 11) is -1.87. The smallest absolute Gasteiger partial charge is 0.243 e. The summed E-state index contributed by atoms with van der Waals surface area (Å²) in [5, 5.41) is 18.1. The molecule has 1 atom stereocenters. The fourth-order valence-corrected chi connectivity index (χ4v) is 4.39. The Bertz CT molecular complexity index is 861. The third-order valence-electron chi connectivity index (χ3n) is 4.54. The summed E-state index contributed by atoms with van der Waals surface area (Å²) in [5.41, 5.74) is 0. The van der Waals surface area contributed by atoms with Crippen LogP contribution in [-0.2, 0) is 17.1 Å². The van der Waals surface area contributed by atoms with E-state index in [1.807, 2.05) is 11.8 Å². The Labute approximate surface area is 151 Å². The van der Waals surface area contributed by atoms with Crippen LogP contribution in [0.25, 0.3) is 0 Å². The van der Waals surface area contributed by atoms with Gasteiger partial charge in [0.05, 0.1) is 4.90 Å². The zero-order valence-electron chi connectivity index (χ0n) is 14.7. The molecule has 1 aliphatic rings. The van der Waals surface area contributed by atoms with Crippen LogP contribution in [0.4, 0.5) is 10.3 Å². The second-order valence-electron chi connectivity index (χ2n) is 6.19. The quantitative estimate of drug-likeness (QED) is 0.825. The number of aromatic nitrogens is 3. The van der Waals surface area contributed by atoms with Crippen LogP contribution in [0, 0.1) is 5.82 Å². The summed E-state index contributed by atoms with van der Waals surface area (Å²) < 4.78 is 41.5. The number of piperazine rings is 1. The fourth-order valence-electron chi connectivity index (χ4n) is 2.96. The summed E-state index contributed by atoms with van der Waals surface area (Å²) in [6, 6.07) is 4.84. The summed E-state index contributed by atoms with van der Waals surface area (Å²) >= 11 is 0. The number of hydrogen-bond acceptors (Lipinski definition) is 6. The normalized spacial score (nSPS) is 17.5. The Hall–Kier alpha value is -2.04. The largest absolute Gasteiger partial charge is 0.385 e. The maximum Gasteiger partial charge on any atom is 0.243 e. The Kier molecular flexibility index (Phi) is 5.26. The first-order valence-electron chi connectivity index (χ1n) is 8.42. The number of benzene rings is 1. The summed E-state index contributed by atoms with van der Waals surface area (Å²) in [6.07, 6.45) is -0.142. The van der Waals surface area contributed by atoms with Crippen molar-refractivity contribution in [2.45, 2.75) is 24.3 Å². The first-order valence-corrected chi connectivity index (χ1v) is 9.86. The zero-order valence-corrected chi connectivity index (χ0v) is 15.5. The van der Waals surface area contributed by atoms with E-state index in [9.17, 15) is 17.9 Å². The van der Waals surface area contributed by atoms with Crippen LogP contribution >= 0.6 is 0 Å². The van der Waals surface area contributed by atoms with Crippen LogP contribution in [-0.4, -0.2) is 58.8 Å². The van der Waals surface area contributed by atoms with E-state index < -0.39 is 21.9 Å². The van der Waals surface area contributed by atoms with Crippen LogP contribution < -0.4 is 4.90 Å². The number of aliphatic hydroxyl groups is 1. The predicted octanol–water partition coefficient (Wildman–Crippen LogP) is 0.909. The molecule has 1 saturated heterocycles. The Morgan fingerprint density at radius 2 is 1.77 bits per heavy atom. The van der Waals surface area contributed by atoms with E-state index in [4.69, 9.17) is 0 Å². The number of hydrogen-bond donors (Lipinski definition) is 1. The molecular formula is C16H22FN5O3S. The van der Waals surface area contributed by atoms with E-state index in [0.717, 1.165) is 12.1 Å². The molecule has 2 heterocycles. The van der Waals surface area contributed by atoms with Crippen LogP contribution in [0.2, 0.25) is 0 Å². The number of halogens is 1. The van der Waals surface area contributed by atoms with Crippen molar-refractivity contribution >= 4 is 16.0 Å². The van der Waals surface area contributed by atoms with Gasteiger partial charge in [0.2, 0.25) is 16.0 Å². The van der Waals surface area contributed by atoms with Gasteiger partial charge in [-0.05, 0) is 30.7 Å². The molecule has 1 fully saturated rings. The Balaban J connectivity index is 1.71. The van der Waals surface area contributed by atoms with Crippen molar-refractivity contribution in [3.8, 4) is 0 Å². The molecular weight excluding hydrogens is 361 g/mol.